The Morgan fingerprint density at radius 1 is 1.20 bits per heavy atom. The van der Waals surface area contributed by atoms with Gasteiger partial charge in [0.25, 0.3) is 5.56 Å². The first kappa shape index (κ1) is 19.5. The summed E-state index contributed by atoms with van der Waals surface area (Å²) in [5, 5.41) is 4.35. The van der Waals surface area contributed by atoms with Crippen LogP contribution in [0.4, 0.5) is 0 Å². The molecule has 0 fully saturated rings. The third-order valence-electron chi connectivity index (χ3n) is 4.08. The fourth-order valence-corrected chi connectivity index (χ4v) is 3.70. The SMILES string of the molecule is C=CCOc1ccc(-c2nc3s/c(=C/c4cccc(OC(C)=O)c4)c(=O)n3n2)cc1. The number of ether oxygens (including phenoxy) is 2. The topological polar surface area (TPSA) is 82.8 Å². The summed E-state index contributed by atoms with van der Waals surface area (Å²) in [6.45, 7) is 5.39. The maximum Gasteiger partial charge on any atom is 0.308 e. The Kier molecular flexibility index (Phi) is 5.40. The van der Waals surface area contributed by atoms with E-state index in [1.807, 2.05) is 30.3 Å². The molecule has 7 nitrogen and oxygen atoms in total. The lowest BCUT2D eigenvalue weighted by Crippen LogP contribution is -2.23. The zero-order chi connectivity index (χ0) is 21.1. The predicted octanol–water partition coefficient (Wildman–Crippen LogP) is 2.86. The highest BCUT2D eigenvalue weighted by Crippen LogP contribution is 2.20. The lowest BCUT2D eigenvalue weighted by Gasteiger charge is -2.02. The molecule has 0 aliphatic heterocycles. The van der Waals surface area contributed by atoms with Crippen molar-refractivity contribution < 1.29 is 14.3 Å². The number of esters is 1. The van der Waals surface area contributed by atoms with Crippen molar-refractivity contribution >= 4 is 28.3 Å². The molecule has 0 spiro atoms. The minimum atomic E-state index is -0.400. The number of aromatic nitrogens is 3. The van der Waals surface area contributed by atoms with Crippen molar-refractivity contribution in [3.63, 3.8) is 0 Å². The van der Waals surface area contributed by atoms with Crippen molar-refractivity contribution in [2.45, 2.75) is 6.92 Å². The van der Waals surface area contributed by atoms with Crippen LogP contribution in [0.15, 0.2) is 66.0 Å². The molecular formula is C22H17N3O4S. The van der Waals surface area contributed by atoms with Crippen molar-refractivity contribution in [3.8, 4) is 22.9 Å². The molecule has 4 rings (SSSR count). The summed E-state index contributed by atoms with van der Waals surface area (Å²) < 4.78 is 12.3. The summed E-state index contributed by atoms with van der Waals surface area (Å²) in [6.07, 6.45) is 3.40. The van der Waals surface area contributed by atoms with E-state index in [4.69, 9.17) is 9.47 Å². The second-order valence-electron chi connectivity index (χ2n) is 6.34. The summed E-state index contributed by atoms with van der Waals surface area (Å²) in [7, 11) is 0. The van der Waals surface area contributed by atoms with Gasteiger partial charge in [-0.1, -0.05) is 36.1 Å². The minimum Gasteiger partial charge on any atom is -0.490 e. The monoisotopic (exact) mass is 419 g/mol. The molecule has 2 aromatic carbocycles. The first-order chi connectivity index (χ1) is 14.5. The van der Waals surface area contributed by atoms with Gasteiger partial charge in [-0.3, -0.25) is 9.59 Å². The molecule has 0 saturated carbocycles. The zero-order valence-corrected chi connectivity index (χ0v) is 16.9. The highest BCUT2D eigenvalue weighted by molar-refractivity contribution is 7.15. The fraction of sp³-hybridized carbons (Fsp3) is 0.0909. The average Bonchev–Trinajstić information content (AvgIpc) is 3.26. The van der Waals surface area contributed by atoms with Gasteiger partial charge in [0, 0.05) is 12.5 Å². The molecule has 0 amide bonds. The Labute approximate surface area is 175 Å². The van der Waals surface area contributed by atoms with Crippen LogP contribution in [0.5, 0.6) is 11.5 Å². The molecule has 0 bridgehead atoms. The van der Waals surface area contributed by atoms with Crippen LogP contribution in [0, 0.1) is 0 Å². The van der Waals surface area contributed by atoms with Gasteiger partial charge in [-0.2, -0.15) is 9.50 Å². The van der Waals surface area contributed by atoms with E-state index in [2.05, 4.69) is 16.7 Å². The number of carbonyl (C=O) groups is 1. The molecule has 0 unspecified atom stereocenters. The maximum atomic E-state index is 12.7. The van der Waals surface area contributed by atoms with E-state index in [9.17, 15) is 9.59 Å². The summed E-state index contributed by atoms with van der Waals surface area (Å²) in [5.41, 5.74) is 1.28. The molecule has 0 aliphatic rings. The minimum absolute atomic E-state index is 0.252. The van der Waals surface area contributed by atoms with Crippen LogP contribution < -0.4 is 19.6 Å². The number of carbonyl (C=O) groups excluding carboxylic acids is 1. The number of benzene rings is 2. The molecule has 2 heterocycles. The van der Waals surface area contributed by atoms with Gasteiger partial charge in [-0.25, -0.2) is 0 Å². The van der Waals surface area contributed by atoms with E-state index >= 15 is 0 Å². The number of nitrogens with zero attached hydrogens (tertiary/aromatic N) is 3. The molecule has 30 heavy (non-hydrogen) atoms. The number of hydrogen-bond donors (Lipinski definition) is 0. The van der Waals surface area contributed by atoms with E-state index in [1.165, 1.54) is 22.8 Å². The Bertz CT molecular complexity index is 1340. The van der Waals surface area contributed by atoms with Gasteiger partial charge in [0.2, 0.25) is 4.96 Å². The lowest BCUT2D eigenvalue weighted by atomic mass is 10.2. The molecular weight excluding hydrogens is 402 g/mol. The van der Waals surface area contributed by atoms with E-state index in [1.54, 1.807) is 30.4 Å². The fourth-order valence-electron chi connectivity index (χ4n) is 2.80. The van der Waals surface area contributed by atoms with Crippen molar-refractivity contribution in [2.75, 3.05) is 6.61 Å². The van der Waals surface area contributed by atoms with Crippen molar-refractivity contribution in [2.24, 2.45) is 0 Å². The van der Waals surface area contributed by atoms with Crippen LogP contribution in [-0.2, 0) is 4.79 Å². The zero-order valence-electron chi connectivity index (χ0n) is 16.1. The van der Waals surface area contributed by atoms with Gasteiger partial charge in [-0.05, 0) is 48.0 Å². The van der Waals surface area contributed by atoms with Gasteiger partial charge in [0.15, 0.2) is 5.82 Å². The number of thiazole rings is 1. The highest BCUT2D eigenvalue weighted by atomic mass is 32.1. The molecule has 4 aromatic rings. The Hall–Kier alpha value is -3.78. The highest BCUT2D eigenvalue weighted by Gasteiger charge is 2.12. The van der Waals surface area contributed by atoms with Crippen LogP contribution in [0.2, 0.25) is 0 Å². The molecule has 150 valence electrons. The summed E-state index contributed by atoms with van der Waals surface area (Å²) in [6, 6.07) is 14.3. The van der Waals surface area contributed by atoms with Gasteiger partial charge in [0.05, 0.1) is 4.53 Å². The first-order valence-corrected chi connectivity index (χ1v) is 9.89. The third-order valence-corrected chi connectivity index (χ3v) is 5.04. The van der Waals surface area contributed by atoms with Crippen LogP contribution in [-0.4, -0.2) is 27.2 Å². The van der Waals surface area contributed by atoms with Crippen LogP contribution in [0.25, 0.3) is 22.4 Å². The van der Waals surface area contributed by atoms with E-state index < -0.39 is 5.97 Å². The molecule has 8 heteroatoms. The normalized spacial score (nSPS) is 11.6. The Morgan fingerprint density at radius 2 is 2.00 bits per heavy atom. The van der Waals surface area contributed by atoms with Gasteiger partial charge >= 0.3 is 5.97 Å². The predicted molar refractivity (Wildman–Crippen MR) is 115 cm³/mol. The maximum absolute atomic E-state index is 12.7. The average molecular weight is 419 g/mol. The van der Waals surface area contributed by atoms with Gasteiger partial charge in [0.1, 0.15) is 18.1 Å². The lowest BCUT2D eigenvalue weighted by molar-refractivity contribution is -0.131. The van der Waals surface area contributed by atoms with Crippen LogP contribution in [0.3, 0.4) is 0 Å². The molecule has 0 atom stereocenters. The van der Waals surface area contributed by atoms with Crippen LogP contribution >= 0.6 is 11.3 Å². The standard InChI is InChI=1S/C22H17N3O4S/c1-3-11-28-17-9-7-16(8-10-17)20-23-22-25(24-20)21(27)19(30-22)13-15-5-4-6-18(12-15)29-14(2)26/h3-10,12-13H,1,11H2,2H3/b19-13+. The molecule has 0 N–H and O–H groups in total. The molecule has 0 saturated heterocycles. The Morgan fingerprint density at radius 3 is 2.70 bits per heavy atom. The first-order valence-electron chi connectivity index (χ1n) is 9.07. The number of fused-ring (bicyclic) bond motifs is 1. The summed E-state index contributed by atoms with van der Waals surface area (Å²) in [5.74, 6) is 1.21. The van der Waals surface area contributed by atoms with E-state index in [0.29, 0.717) is 27.7 Å². The second kappa shape index (κ2) is 8.30. The second-order valence-corrected chi connectivity index (χ2v) is 7.34. The van der Waals surface area contributed by atoms with Gasteiger partial charge in [-0.15, -0.1) is 5.10 Å². The van der Waals surface area contributed by atoms with Crippen molar-refractivity contribution in [3.05, 3.63) is 81.6 Å². The van der Waals surface area contributed by atoms with E-state index in [-0.39, 0.29) is 5.56 Å². The van der Waals surface area contributed by atoms with Crippen molar-refractivity contribution in [1.82, 2.24) is 14.6 Å². The van der Waals surface area contributed by atoms with Crippen LogP contribution in [0.1, 0.15) is 12.5 Å². The molecule has 0 aliphatic carbocycles. The number of hydrogen-bond acceptors (Lipinski definition) is 7. The van der Waals surface area contributed by atoms with Gasteiger partial charge < -0.3 is 9.47 Å². The van der Waals surface area contributed by atoms with E-state index in [0.717, 1.165) is 16.9 Å². The summed E-state index contributed by atoms with van der Waals surface area (Å²) >= 11 is 1.25. The molecule has 0 radical (unpaired) electrons. The number of rotatable bonds is 6. The molecule has 2 aromatic heterocycles. The largest absolute Gasteiger partial charge is 0.490 e. The smallest absolute Gasteiger partial charge is 0.308 e. The quantitative estimate of drug-likeness (QED) is 0.272. The third kappa shape index (κ3) is 4.13. The Balaban J connectivity index is 1.64. The van der Waals surface area contributed by atoms with Crippen molar-refractivity contribution in [1.29, 1.82) is 0 Å². The summed E-state index contributed by atoms with van der Waals surface area (Å²) in [4.78, 5) is 28.8.